The molecule has 2 N–H and O–H groups in total. The van der Waals surface area contributed by atoms with Crippen LogP contribution in [0, 0.1) is 5.41 Å². The third-order valence-electron chi connectivity index (χ3n) is 5.34. The molecular formula is C16H22N6O. The van der Waals surface area contributed by atoms with Crippen LogP contribution in [0.5, 0.6) is 0 Å². The number of aromatic amines is 1. The fraction of sp³-hybridized carbons (Fsp3) is 0.625. The number of aromatic nitrogens is 5. The summed E-state index contributed by atoms with van der Waals surface area (Å²) in [5.41, 5.74) is 2.41. The number of rotatable bonds is 3. The van der Waals surface area contributed by atoms with E-state index in [9.17, 15) is 5.11 Å². The first-order valence-corrected chi connectivity index (χ1v) is 8.32. The van der Waals surface area contributed by atoms with Crippen LogP contribution in [0.3, 0.4) is 0 Å². The highest BCUT2D eigenvalue weighted by Crippen LogP contribution is 2.44. The average molecular weight is 314 g/mol. The molecule has 1 saturated carbocycles. The van der Waals surface area contributed by atoms with Gasteiger partial charge < -0.3 is 5.11 Å². The van der Waals surface area contributed by atoms with E-state index in [0.717, 1.165) is 56.6 Å². The normalized spacial score (nSPS) is 28.5. The lowest BCUT2D eigenvalue weighted by Crippen LogP contribution is -2.32. The first-order chi connectivity index (χ1) is 11.2. The van der Waals surface area contributed by atoms with Gasteiger partial charge in [0, 0.05) is 24.8 Å². The highest BCUT2D eigenvalue weighted by Gasteiger charge is 2.40. The lowest BCUT2D eigenvalue weighted by Gasteiger charge is -2.35. The number of nitrogens with one attached hydrogen (secondary N) is 1. The van der Waals surface area contributed by atoms with E-state index < -0.39 is 0 Å². The summed E-state index contributed by atoms with van der Waals surface area (Å²) in [6.07, 6.45) is 7.19. The predicted molar refractivity (Wildman–Crippen MR) is 84.2 cm³/mol. The molecule has 1 aliphatic heterocycles. The molecule has 3 heterocycles. The van der Waals surface area contributed by atoms with Gasteiger partial charge in [-0.3, -0.25) is 9.88 Å². The monoisotopic (exact) mass is 314 g/mol. The van der Waals surface area contributed by atoms with Crippen molar-refractivity contribution in [1.29, 1.82) is 0 Å². The molecule has 0 unspecified atom stereocenters. The fourth-order valence-electron chi connectivity index (χ4n) is 4.00. The second-order valence-electron chi connectivity index (χ2n) is 6.96. The summed E-state index contributed by atoms with van der Waals surface area (Å²) in [6.45, 7) is 3.09. The topological polar surface area (TPSA) is 90.8 Å². The maximum absolute atomic E-state index is 9.73. The van der Waals surface area contributed by atoms with Crippen molar-refractivity contribution in [2.24, 2.45) is 5.41 Å². The van der Waals surface area contributed by atoms with E-state index in [2.05, 4.69) is 30.5 Å². The first kappa shape index (κ1) is 14.7. The number of pyridine rings is 1. The van der Waals surface area contributed by atoms with Crippen molar-refractivity contribution >= 4 is 0 Å². The Kier molecular flexibility index (Phi) is 3.82. The van der Waals surface area contributed by atoms with Crippen LogP contribution in [0.15, 0.2) is 18.3 Å². The Balaban J connectivity index is 1.42. The van der Waals surface area contributed by atoms with Crippen LogP contribution in [-0.2, 0) is 6.54 Å². The van der Waals surface area contributed by atoms with E-state index in [-0.39, 0.29) is 6.10 Å². The molecule has 0 amide bonds. The average Bonchev–Trinajstić information content (AvgIpc) is 3.22. The fourth-order valence-corrected chi connectivity index (χ4v) is 4.00. The van der Waals surface area contributed by atoms with E-state index in [0.29, 0.717) is 11.2 Å². The number of H-pyrrole nitrogens is 1. The highest BCUT2D eigenvalue weighted by molar-refractivity contribution is 5.53. The Labute approximate surface area is 135 Å². The van der Waals surface area contributed by atoms with Crippen LogP contribution in [0.1, 0.15) is 37.8 Å². The van der Waals surface area contributed by atoms with E-state index in [4.69, 9.17) is 0 Å². The number of hydrogen-bond acceptors (Lipinski definition) is 6. The Bertz CT molecular complexity index is 650. The molecule has 0 radical (unpaired) electrons. The Hall–Kier alpha value is -1.86. The lowest BCUT2D eigenvalue weighted by molar-refractivity contribution is 0.0656. The number of tetrazole rings is 1. The zero-order valence-electron chi connectivity index (χ0n) is 13.1. The summed E-state index contributed by atoms with van der Waals surface area (Å²) in [4.78, 5) is 6.98. The van der Waals surface area contributed by atoms with Gasteiger partial charge in [0.2, 0.25) is 5.82 Å². The van der Waals surface area contributed by atoms with Gasteiger partial charge in [0.05, 0.1) is 11.8 Å². The largest absolute Gasteiger partial charge is 0.393 e. The van der Waals surface area contributed by atoms with Gasteiger partial charge in [-0.15, -0.1) is 10.2 Å². The second kappa shape index (κ2) is 5.98. The van der Waals surface area contributed by atoms with Crippen LogP contribution in [-0.4, -0.2) is 54.8 Å². The number of likely N-dealkylation sites (tertiary alicyclic amines) is 1. The number of nitrogens with zero attached hydrogens (tertiary/aromatic N) is 5. The molecule has 7 nitrogen and oxygen atoms in total. The molecule has 0 bridgehead atoms. The smallest absolute Gasteiger partial charge is 0.204 e. The lowest BCUT2D eigenvalue weighted by atomic mass is 9.73. The quantitative estimate of drug-likeness (QED) is 0.889. The zero-order chi connectivity index (χ0) is 15.7. The molecule has 1 saturated heterocycles. The van der Waals surface area contributed by atoms with Gasteiger partial charge in [0.15, 0.2) is 0 Å². The molecule has 2 aromatic rings. The van der Waals surface area contributed by atoms with Gasteiger partial charge in [0.25, 0.3) is 0 Å². The Morgan fingerprint density at radius 3 is 2.96 bits per heavy atom. The molecule has 1 aliphatic carbocycles. The predicted octanol–water partition coefficient (Wildman–Crippen LogP) is 1.39. The van der Waals surface area contributed by atoms with E-state index >= 15 is 0 Å². The number of aliphatic hydroxyl groups is 1. The van der Waals surface area contributed by atoms with Crippen molar-refractivity contribution in [3.05, 3.63) is 24.0 Å². The van der Waals surface area contributed by atoms with E-state index in [1.54, 1.807) is 0 Å². The van der Waals surface area contributed by atoms with Crippen molar-refractivity contribution in [3.63, 3.8) is 0 Å². The van der Waals surface area contributed by atoms with Crippen LogP contribution in [0.2, 0.25) is 0 Å². The molecule has 0 atom stereocenters. The molecule has 7 heteroatoms. The summed E-state index contributed by atoms with van der Waals surface area (Å²) in [6, 6.07) is 3.95. The highest BCUT2D eigenvalue weighted by atomic mass is 16.3. The van der Waals surface area contributed by atoms with Gasteiger partial charge in [-0.2, -0.15) is 5.21 Å². The minimum absolute atomic E-state index is 0.0806. The van der Waals surface area contributed by atoms with Gasteiger partial charge in [0.1, 0.15) is 0 Å². The molecule has 2 fully saturated rings. The SMILES string of the molecule is OC1CCC2(CC1)CCN(Cc1cc(-c3nn[nH]n3)ccn1)C2. The van der Waals surface area contributed by atoms with Crippen LogP contribution in [0.4, 0.5) is 0 Å². The van der Waals surface area contributed by atoms with Crippen LogP contribution < -0.4 is 0 Å². The molecule has 23 heavy (non-hydrogen) atoms. The molecular weight excluding hydrogens is 292 g/mol. The second-order valence-corrected chi connectivity index (χ2v) is 6.96. The molecule has 122 valence electrons. The summed E-state index contributed by atoms with van der Waals surface area (Å²) >= 11 is 0. The maximum atomic E-state index is 9.73. The van der Waals surface area contributed by atoms with Gasteiger partial charge in [-0.25, -0.2) is 0 Å². The van der Waals surface area contributed by atoms with Crippen molar-refractivity contribution < 1.29 is 5.11 Å². The van der Waals surface area contributed by atoms with Crippen LogP contribution >= 0.6 is 0 Å². The summed E-state index contributed by atoms with van der Waals surface area (Å²) < 4.78 is 0. The molecule has 2 aliphatic rings. The Morgan fingerprint density at radius 1 is 1.30 bits per heavy atom. The molecule has 0 aromatic carbocycles. The molecule has 4 rings (SSSR count). The van der Waals surface area contributed by atoms with Crippen LogP contribution in [0.25, 0.3) is 11.4 Å². The third-order valence-corrected chi connectivity index (χ3v) is 5.34. The molecule has 1 spiro atoms. The summed E-state index contributed by atoms with van der Waals surface area (Å²) in [5.74, 6) is 0.604. The van der Waals surface area contributed by atoms with Crippen molar-refractivity contribution in [2.75, 3.05) is 13.1 Å². The minimum atomic E-state index is -0.0806. The van der Waals surface area contributed by atoms with Crippen molar-refractivity contribution in [2.45, 2.75) is 44.8 Å². The number of hydrogen-bond donors (Lipinski definition) is 2. The summed E-state index contributed by atoms with van der Waals surface area (Å²) in [7, 11) is 0. The minimum Gasteiger partial charge on any atom is -0.393 e. The van der Waals surface area contributed by atoms with E-state index in [1.807, 2.05) is 18.3 Å². The zero-order valence-corrected chi connectivity index (χ0v) is 13.1. The van der Waals surface area contributed by atoms with Crippen molar-refractivity contribution in [1.82, 2.24) is 30.5 Å². The van der Waals surface area contributed by atoms with E-state index in [1.165, 1.54) is 6.42 Å². The van der Waals surface area contributed by atoms with Gasteiger partial charge in [-0.1, -0.05) is 0 Å². The first-order valence-electron chi connectivity index (χ1n) is 8.32. The van der Waals surface area contributed by atoms with Gasteiger partial charge >= 0.3 is 0 Å². The van der Waals surface area contributed by atoms with Crippen molar-refractivity contribution in [3.8, 4) is 11.4 Å². The number of aliphatic hydroxyl groups excluding tert-OH is 1. The molecule has 2 aromatic heterocycles. The van der Waals surface area contributed by atoms with Gasteiger partial charge in [-0.05, 0) is 61.4 Å². The Morgan fingerprint density at radius 2 is 2.17 bits per heavy atom. The third kappa shape index (κ3) is 3.11. The maximum Gasteiger partial charge on any atom is 0.204 e. The standard InChI is InChI=1S/C16H22N6O/c23-14-1-4-16(5-2-14)6-8-22(11-16)10-13-9-12(3-7-17-13)15-18-20-21-19-15/h3,7,9,14,23H,1-2,4-6,8,10-11H2,(H,18,19,20,21). The summed E-state index contributed by atoms with van der Waals surface area (Å²) in [5, 5.41) is 23.9.